The van der Waals surface area contributed by atoms with Gasteiger partial charge in [0.2, 0.25) is 11.7 Å². The Kier molecular flexibility index (Phi) is 4.46. The smallest absolute Gasteiger partial charge is 0.340 e. The van der Waals surface area contributed by atoms with Crippen LogP contribution in [0, 0.1) is 10.1 Å². The van der Waals surface area contributed by atoms with Gasteiger partial charge in [0.1, 0.15) is 18.2 Å². The number of imidazole rings is 1. The highest BCUT2D eigenvalue weighted by Gasteiger charge is 2.40. The first-order valence-corrected chi connectivity index (χ1v) is 7.76. The monoisotopic (exact) mass is 344 g/mol. The Bertz CT molecular complexity index is 804. The van der Waals surface area contributed by atoms with Gasteiger partial charge in [0.05, 0.1) is 0 Å². The molecule has 1 aliphatic heterocycles. The number of carbonyl (C=O) groups excluding carboxylic acids is 1. The van der Waals surface area contributed by atoms with Crippen LogP contribution in [0.4, 0.5) is 5.82 Å². The Morgan fingerprint density at radius 1 is 1.36 bits per heavy atom. The van der Waals surface area contributed by atoms with Gasteiger partial charge in [0, 0.05) is 6.54 Å². The zero-order valence-electron chi connectivity index (χ0n) is 13.2. The van der Waals surface area contributed by atoms with Gasteiger partial charge in [0.15, 0.2) is 0 Å². The number of amides is 1. The molecule has 0 aliphatic carbocycles. The number of hydrogen-bond acceptors (Lipinski definition) is 5. The van der Waals surface area contributed by atoms with E-state index in [-0.39, 0.29) is 11.6 Å². The molecule has 0 saturated carbocycles. The number of aliphatic carboxylic acids is 1. The SMILES string of the molecule is O=C(O)C1CCCN1C(=O)[C@@H](c1ccccc1)c1ncc([N+](=O)[O-])[nH]1. The summed E-state index contributed by atoms with van der Waals surface area (Å²) in [6.45, 7) is 0.335. The van der Waals surface area contributed by atoms with Gasteiger partial charge in [-0.25, -0.2) is 14.8 Å². The van der Waals surface area contributed by atoms with E-state index in [1.54, 1.807) is 30.3 Å². The maximum atomic E-state index is 13.1. The van der Waals surface area contributed by atoms with Crippen LogP contribution in [-0.4, -0.2) is 49.4 Å². The Morgan fingerprint density at radius 3 is 2.68 bits per heavy atom. The predicted octanol–water partition coefficient (Wildman–Crippen LogP) is 1.53. The first-order valence-electron chi connectivity index (χ1n) is 7.76. The summed E-state index contributed by atoms with van der Waals surface area (Å²) in [5.74, 6) is -2.60. The molecule has 2 heterocycles. The van der Waals surface area contributed by atoms with Gasteiger partial charge in [-0.2, -0.15) is 0 Å². The van der Waals surface area contributed by atoms with Crippen molar-refractivity contribution in [1.29, 1.82) is 0 Å². The van der Waals surface area contributed by atoms with E-state index >= 15 is 0 Å². The minimum atomic E-state index is -1.05. The molecule has 1 aromatic carbocycles. The number of rotatable bonds is 5. The minimum Gasteiger partial charge on any atom is -0.480 e. The summed E-state index contributed by atoms with van der Waals surface area (Å²) in [6.07, 6.45) is 2.04. The number of aromatic nitrogens is 2. The largest absolute Gasteiger partial charge is 0.480 e. The van der Waals surface area contributed by atoms with Crippen molar-refractivity contribution in [2.75, 3.05) is 6.54 Å². The van der Waals surface area contributed by atoms with Crippen molar-refractivity contribution >= 4 is 17.7 Å². The molecule has 9 nitrogen and oxygen atoms in total. The molecule has 1 amide bonds. The van der Waals surface area contributed by atoms with Gasteiger partial charge in [-0.15, -0.1) is 0 Å². The second kappa shape index (κ2) is 6.71. The van der Waals surface area contributed by atoms with Crippen LogP contribution in [0.1, 0.15) is 30.1 Å². The van der Waals surface area contributed by atoms with Gasteiger partial charge in [-0.3, -0.25) is 4.79 Å². The summed E-state index contributed by atoms with van der Waals surface area (Å²) >= 11 is 0. The second-order valence-electron chi connectivity index (χ2n) is 5.78. The standard InChI is InChI=1S/C16H16N4O5/c21-15(19-8-4-7-11(19)16(22)23)13(10-5-2-1-3-6-10)14-17-9-12(18-14)20(24)25/h1-3,5-6,9,11,13H,4,7-8H2,(H,17,18)(H,22,23)/t11?,13-/m0/s1. The fourth-order valence-electron chi connectivity index (χ4n) is 3.08. The van der Waals surface area contributed by atoms with Crippen molar-refractivity contribution in [2.45, 2.75) is 24.8 Å². The van der Waals surface area contributed by atoms with Crippen LogP contribution in [0.5, 0.6) is 0 Å². The molecule has 2 aromatic rings. The van der Waals surface area contributed by atoms with Gasteiger partial charge < -0.3 is 20.1 Å². The number of carboxylic acid groups (broad SMARTS) is 1. The van der Waals surface area contributed by atoms with Crippen LogP contribution in [0.15, 0.2) is 36.5 Å². The Morgan fingerprint density at radius 2 is 2.08 bits per heavy atom. The maximum Gasteiger partial charge on any atom is 0.340 e. The number of benzene rings is 1. The van der Waals surface area contributed by atoms with Gasteiger partial charge in [0.25, 0.3) is 0 Å². The zero-order valence-corrected chi connectivity index (χ0v) is 13.2. The quantitative estimate of drug-likeness (QED) is 0.625. The van der Waals surface area contributed by atoms with Crippen molar-refractivity contribution in [2.24, 2.45) is 0 Å². The van der Waals surface area contributed by atoms with Crippen molar-refractivity contribution in [3.63, 3.8) is 0 Å². The van der Waals surface area contributed by atoms with E-state index in [1.165, 1.54) is 4.90 Å². The van der Waals surface area contributed by atoms with Crippen molar-refractivity contribution in [3.8, 4) is 0 Å². The molecule has 0 bridgehead atoms. The molecule has 2 N–H and O–H groups in total. The fourth-order valence-corrected chi connectivity index (χ4v) is 3.08. The van der Waals surface area contributed by atoms with Crippen molar-refractivity contribution in [3.05, 3.63) is 58.0 Å². The molecular formula is C16H16N4O5. The number of nitrogens with zero attached hydrogens (tertiary/aromatic N) is 3. The summed E-state index contributed by atoms with van der Waals surface area (Å²) < 4.78 is 0. The molecule has 9 heteroatoms. The van der Waals surface area contributed by atoms with E-state index in [4.69, 9.17) is 0 Å². The number of carbonyl (C=O) groups is 2. The number of likely N-dealkylation sites (tertiary alicyclic amines) is 1. The lowest BCUT2D eigenvalue weighted by Crippen LogP contribution is -2.43. The molecule has 1 fully saturated rings. The highest BCUT2D eigenvalue weighted by Crippen LogP contribution is 2.29. The summed E-state index contributed by atoms with van der Waals surface area (Å²) in [4.78, 5) is 42.6. The van der Waals surface area contributed by atoms with Crippen LogP contribution in [0.25, 0.3) is 0 Å². The number of hydrogen-bond donors (Lipinski definition) is 2. The molecule has 1 aliphatic rings. The van der Waals surface area contributed by atoms with Crippen LogP contribution in [-0.2, 0) is 9.59 Å². The summed E-state index contributed by atoms with van der Waals surface area (Å²) in [7, 11) is 0. The number of carboxylic acids is 1. The summed E-state index contributed by atoms with van der Waals surface area (Å²) in [5, 5.41) is 20.2. The Labute approximate surface area is 142 Å². The van der Waals surface area contributed by atoms with Crippen molar-refractivity contribution in [1.82, 2.24) is 14.9 Å². The third-order valence-electron chi connectivity index (χ3n) is 4.25. The van der Waals surface area contributed by atoms with E-state index in [0.29, 0.717) is 24.9 Å². The molecule has 130 valence electrons. The molecule has 0 radical (unpaired) electrons. The van der Waals surface area contributed by atoms with E-state index in [0.717, 1.165) is 6.20 Å². The predicted molar refractivity (Wildman–Crippen MR) is 85.9 cm³/mol. The third kappa shape index (κ3) is 3.21. The molecular weight excluding hydrogens is 328 g/mol. The summed E-state index contributed by atoms with van der Waals surface area (Å²) in [5.41, 5.74) is 0.591. The maximum absolute atomic E-state index is 13.1. The molecule has 25 heavy (non-hydrogen) atoms. The van der Waals surface area contributed by atoms with Crippen molar-refractivity contribution < 1.29 is 19.6 Å². The lowest BCUT2D eigenvalue weighted by atomic mass is 9.96. The van der Waals surface area contributed by atoms with Crippen LogP contribution >= 0.6 is 0 Å². The highest BCUT2D eigenvalue weighted by atomic mass is 16.6. The fraction of sp³-hybridized carbons (Fsp3) is 0.312. The van der Waals surface area contributed by atoms with E-state index in [1.807, 2.05) is 0 Å². The molecule has 1 unspecified atom stereocenters. The number of nitrogens with one attached hydrogen (secondary N) is 1. The minimum absolute atomic E-state index is 0.124. The second-order valence-corrected chi connectivity index (χ2v) is 5.78. The summed E-state index contributed by atoms with van der Waals surface area (Å²) in [6, 6.07) is 7.80. The van der Waals surface area contributed by atoms with Gasteiger partial charge >= 0.3 is 11.8 Å². The molecule has 2 atom stereocenters. The number of aromatic amines is 1. The first kappa shape index (κ1) is 16.6. The van der Waals surface area contributed by atoms with Crippen LogP contribution in [0.3, 0.4) is 0 Å². The third-order valence-corrected chi connectivity index (χ3v) is 4.25. The lowest BCUT2D eigenvalue weighted by Gasteiger charge is -2.25. The van der Waals surface area contributed by atoms with Gasteiger partial charge in [-0.05, 0) is 23.3 Å². The molecule has 3 rings (SSSR count). The average molecular weight is 344 g/mol. The van der Waals surface area contributed by atoms with Gasteiger partial charge in [-0.1, -0.05) is 30.3 Å². The van der Waals surface area contributed by atoms with Crippen LogP contribution < -0.4 is 0 Å². The number of nitro groups is 1. The normalized spacial score (nSPS) is 18.1. The molecule has 0 spiro atoms. The number of H-pyrrole nitrogens is 1. The average Bonchev–Trinajstić information content (AvgIpc) is 3.25. The lowest BCUT2D eigenvalue weighted by molar-refractivity contribution is -0.389. The zero-order chi connectivity index (χ0) is 18.0. The van der Waals surface area contributed by atoms with E-state index < -0.39 is 28.8 Å². The topological polar surface area (TPSA) is 129 Å². The highest BCUT2D eigenvalue weighted by molar-refractivity contribution is 5.90. The van der Waals surface area contributed by atoms with Crippen LogP contribution in [0.2, 0.25) is 0 Å². The van der Waals surface area contributed by atoms with E-state index in [2.05, 4.69) is 9.97 Å². The molecule has 1 aromatic heterocycles. The molecule has 1 saturated heterocycles. The Balaban J connectivity index is 2.00. The first-order chi connectivity index (χ1) is 12.0. The Hall–Kier alpha value is -3.23. The van der Waals surface area contributed by atoms with E-state index in [9.17, 15) is 24.8 Å².